The van der Waals surface area contributed by atoms with Gasteiger partial charge in [0.15, 0.2) is 0 Å². The molecule has 2 rings (SSSR count). The molecular weight excluding hydrogens is 279 g/mol. The van der Waals surface area contributed by atoms with Crippen molar-refractivity contribution in [1.82, 2.24) is 4.90 Å². The van der Waals surface area contributed by atoms with Crippen molar-refractivity contribution in [2.24, 2.45) is 0 Å². The maximum absolute atomic E-state index is 13.2. The van der Waals surface area contributed by atoms with E-state index in [0.29, 0.717) is 6.07 Å². The molecule has 0 N–H and O–H groups in total. The Morgan fingerprint density at radius 2 is 1.48 bits per heavy atom. The van der Waals surface area contributed by atoms with E-state index in [1.807, 2.05) is 0 Å². The van der Waals surface area contributed by atoms with Gasteiger partial charge in [-0.2, -0.15) is 0 Å². The van der Waals surface area contributed by atoms with Crippen LogP contribution in [0.3, 0.4) is 0 Å². The van der Waals surface area contributed by atoms with Gasteiger partial charge in [-0.1, -0.05) is 12.1 Å². The van der Waals surface area contributed by atoms with E-state index in [1.54, 1.807) is 19.1 Å². The maximum Gasteiger partial charge on any atom is 0.254 e. The highest BCUT2D eigenvalue weighted by atomic mass is 19.1. The fourth-order valence-electron chi connectivity index (χ4n) is 2.02. The molecule has 1 amide bonds. The number of hydrogen-bond donors (Lipinski definition) is 0. The average Bonchev–Trinajstić information content (AvgIpc) is 2.44. The summed E-state index contributed by atoms with van der Waals surface area (Å²) in [5, 5.41) is 0. The predicted octanol–water partition coefficient (Wildman–Crippen LogP) is 3.94. The number of carbonyl (C=O) groups excluding carboxylic acids is 1. The van der Waals surface area contributed by atoms with Gasteiger partial charge >= 0.3 is 0 Å². The van der Waals surface area contributed by atoms with E-state index in [-0.39, 0.29) is 17.4 Å². The first-order valence-corrected chi connectivity index (χ1v) is 6.37. The summed E-state index contributed by atoms with van der Waals surface area (Å²) in [5.41, 5.74) is 0.660. The summed E-state index contributed by atoms with van der Waals surface area (Å²) in [7, 11) is 1.53. The van der Waals surface area contributed by atoms with Crippen molar-refractivity contribution in [1.29, 1.82) is 0 Å². The molecular formula is C16H14F3NO. The number of benzene rings is 2. The summed E-state index contributed by atoms with van der Waals surface area (Å²) in [4.78, 5) is 13.6. The fourth-order valence-corrected chi connectivity index (χ4v) is 2.02. The predicted molar refractivity (Wildman–Crippen MR) is 73.3 cm³/mol. The molecule has 2 aromatic rings. The third kappa shape index (κ3) is 3.42. The minimum absolute atomic E-state index is 0.0658. The van der Waals surface area contributed by atoms with Crippen molar-refractivity contribution in [2.45, 2.75) is 13.0 Å². The molecule has 0 bridgehead atoms. The summed E-state index contributed by atoms with van der Waals surface area (Å²) in [6.07, 6.45) is 0. The molecule has 5 heteroatoms. The van der Waals surface area contributed by atoms with E-state index < -0.39 is 17.5 Å². The molecule has 21 heavy (non-hydrogen) atoms. The average molecular weight is 293 g/mol. The molecule has 1 atom stereocenters. The molecule has 0 aliphatic heterocycles. The van der Waals surface area contributed by atoms with Crippen LogP contribution in [-0.2, 0) is 0 Å². The summed E-state index contributed by atoms with van der Waals surface area (Å²) < 4.78 is 39.2. The van der Waals surface area contributed by atoms with Gasteiger partial charge in [-0.05, 0) is 36.8 Å². The standard InChI is InChI=1S/C16H14F3NO/c1-10(11-3-5-13(17)6-4-11)20(2)16(21)12-7-14(18)9-15(19)8-12/h3-10H,1-2H3. The lowest BCUT2D eigenvalue weighted by molar-refractivity contribution is 0.0741. The molecule has 2 aromatic carbocycles. The smallest absolute Gasteiger partial charge is 0.254 e. The third-order valence-electron chi connectivity index (χ3n) is 3.36. The number of amides is 1. The van der Waals surface area contributed by atoms with Gasteiger partial charge in [0.25, 0.3) is 5.91 Å². The van der Waals surface area contributed by atoms with Crippen LogP contribution in [0.5, 0.6) is 0 Å². The van der Waals surface area contributed by atoms with E-state index in [0.717, 1.165) is 17.7 Å². The first-order valence-electron chi connectivity index (χ1n) is 6.37. The first-order chi connectivity index (χ1) is 9.88. The van der Waals surface area contributed by atoms with Gasteiger partial charge in [-0.25, -0.2) is 13.2 Å². The molecule has 0 radical (unpaired) electrons. The summed E-state index contributed by atoms with van der Waals surface area (Å²) >= 11 is 0. The Morgan fingerprint density at radius 1 is 0.952 bits per heavy atom. The second-order valence-corrected chi connectivity index (χ2v) is 4.80. The monoisotopic (exact) mass is 293 g/mol. The van der Waals surface area contributed by atoms with Crippen LogP contribution in [0.2, 0.25) is 0 Å². The molecule has 0 aliphatic carbocycles. The van der Waals surface area contributed by atoms with Crippen LogP contribution < -0.4 is 0 Å². The largest absolute Gasteiger partial charge is 0.335 e. The Labute approximate surface area is 120 Å². The van der Waals surface area contributed by atoms with Gasteiger partial charge in [0.1, 0.15) is 17.5 Å². The Morgan fingerprint density at radius 3 is 2.00 bits per heavy atom. The number of carbonyl (C=O) groups is 1. The number of halogens is 3. The van der Waals surface area contributed by atoms with Crippen LogP contribution >= 0.6 is 0 Å². The molecule has 0 fully saturated rings. The van der Waals surface area contributed by atoms with Crippen molar-refractivity contribution >= 4 is 5.91 Å². The molecule has 0 heterocycles. The zero-order valence-electron chi connectivity index (χ0n) is 11.6. The van der Waals surface area contributed by atoms with Crippen LogP contribution in [0.4, 0.5) is 13.2 Å². The van der Waals surface area contributed by atoms with Crippen molar-refractivity contribution in [3.8, 4) is 0 Å². The highest BCUT2D eigenvalue weighted by molar-refractivity contribution is 5.94. The Hall–Kier alpha value is -2.30. The van der Waals surface area contributed by atoms with Gasteiger partial charge in [0.2, 0.25) is 0 Å². The van der Waals surface area contributed by atoms with Crippen molar-refractivity contribution in [2.75, 3.05) is 7.05 Å². The lowest BCUT2D eigenvalue weighted by atomic mass is 10.1. The highest BCUT2D eigenvalue weighted by Crippen LogP contribution is 2.21. The lowest BCUT2D eigenvalue weighted by Gasteiger charge is -2.25. The van der Waals surface area contributed by atoms with Gasteiger partial charge < -0.3 is 4.90 Å². The first kappa shape index (κ1) is 15.1. The second-order valence-electron chi connectivity index (χ2n) is 4.80. The molecule has 2 nitrogen and oxygen atoms in total. The Bertz CT molecular complexity index is 635. The molecule has 0 aromatic heterocycles. The van der Waals surface area contributed by atoms with Gasteiger partial charge in [-0.15, -0.1) is 0 Å². The number of hydrogen-bond acceptors (Lipinski definition) is 1. The Balaban J connectivity index is 2.23. The van der Waals surface area contributed by atoms with Crippen molar-refractivity contribution in [3.63, 3.8) is 0 Å². The minimum Gasteiger partial charge on any atom is -0.335 e. The van der Waals surface area contributed by atoms with E-state index in [4.69, 9.17) is 0 Å². The highest BCUT2D eigenvalue weighted by Gasteiger charge is 2.20. The zero-order valence-corrected chi connectivity index (χ0v) is 11.6. The van der Waals surface area contributed by atoms with Gasteiger partial charge in [0, 0.05) is 18.7 Å². The second kappa shape index (κ2) is 5.99. The maximum atomic E-state index is 13.2. The van der Waals surface area contributed by atoms with Crippen molar-refractivity contribution < 1.29 is 18.0 Å². The van der Waals surface area contributed by atoms with E-state index >= 15 is 0 Å². The van der Waals surface area contributed by atoms with E-state index in [9.17, 15) is 18.0 Å². The van der Waals surface area contributed by atoms with E-state index in [1.165, 1.54) is 24.1 Å². The zero-order chi connectivity index (χ0) is 15.6. The van der Waals surface area contributed by atoms with Crippen LogP contribution in [-0.4, -0.2) is 17.9 Å². The summed E-state index contributed by atoms with van der Waals surface area (Å²) in [6, 6.07) is 8.05. The molecule has 110 valence electrons. The molecule has 0 saturated carbocycles. The van der Waals surface area contributed by atoms with Crippen LogP contribution in [0.1, 0.15) is 28.9 Å². The van der Waals surface area contributed by atoms with Crippen LogP contribution in [0.15, 0.2) is 42.5 Å². The number of rotatable bonds is 3. The molecule has 0 aliphatic rings. The van der Waals surface area contributed by atoms with Gasteiger partial charge in [-0.3, -0.25) is 4.79 Å². The molecule has 0 spiro atoms. The minimum atomic E-state index is -0.804. The SMILES string of the molecule is CC(c1ccc(F)cc1)N(C)C(=O)c1cc(F)cc(F)c1. The topological polar surface area (TPSA) is 20.3 Å². The molecule has 1 unspecified atom stereocenters. The lowest BCUT2D eigenvalue weighted by Crippen LogP contribution is -2.29. The number of nitrogens with zero attached hydrogens (tertiary/aromatic N) is 1. The quantitative estimate of drug-likeness (QED) is 0.839. The van der Waals surface area contributed by atoms with E-state index in [2.05, 4.69) is 0 Å². The fraction of sp³-hybridized carbons (Fsp3) is 0.188. The van der Waals surface area contributed by atoms with Crippen LogP contribution in [0, 0.1) is 17.5 Å². The summed E-state index contributed by atoms with van der Waals surface area (Å²) in [5.74, 6) is -2.49. The van der Waals surface area contributed by atoms with Gasteiger partial charge in [0.05, 0.1) is 6.04 Å². The molecule has 0 saturated heterocycles. The van der Waals surface area contributed by atoms with Crippen LogP contribution in [0.25, 0.3) is 0 Å². The summed E-state index contributed by atoms with van der Waals surface area (Å²) in [6.45, 7) is 1.75. The van der Waals surface area contributed by atoms with Crippen molar-refractivity contribution in [3.05, 3.63) is 71.0 Å². The third-order valence-corrected chi connectivity index (χ3v) is 3.36. The Kier molecular flexibility index (Phi) is 4.31. The normalized spacial score (nSPS) is 12.0.